The number of nitrogens with one attached hydrogen (secondary N) is 1. The fourth-order valence-electron chi connectivity index (χ4n) is 4.64. The largest absolute Gasteiger partial charge is 0.367 e. The molecule has 0 aliphatic rings. The molecule has 0 saturated carbocycles. The molecule has 2 aromatic carbocycles. The van der Waals surface area contributed by atoms with E-state index in [4.69, 9.17) is 0 Å². The molecule has 0 radical (unpaired) electrons. The quantitative estimate of drug-likeness (QED) is 0.179. The zero-order valence-corrected chi connectivity index (χ0v) is 29.7. The van der Waals surface area contributed by atoms with Gasteiger partial charge in [-0.2, -0.15) is 0 Å². The van der Waals surface area contributed by atoms with Crippen LogP contribution in [0.4, 0.5) is 0 Å². The molecule has 2 rings (SSSR count). The first kappa shape index (κ1) is 38.6. The van der Waals surface area contributed by atoms with E-state index in [-0.39, 0.29) is 0 Å². The summed E-state index contributed by atoms with van der Waals surface area (Å²) in [6, 6.07) is 17.3. The molecule has 1 N–H and O–H groups in total. The summed E-state index contributed by atoms with van der Waals surface area (Å²) in [5.74, 6) is 1.60. The van der Waals surface area contributed by atoms with Crippen molar-refractivity contribution in [3.05, 3.63) is 144 Å². The first-order chi connectivity index (χ1) is 21.1. The van der Waals surface area contributed by atoms with Crippen molar-refractivity contribution in [2.45, 2.75) is 90.4 Å². The van der Waals surface area contributed by atoms with E-state index in [9.17, 15) is 0 Å². The number of nitrogens with zero attached hydrogens (tertiary/aromatic N) is 1. The van der Waals surface area contributed by atoms with Crippen molar-refractivity contribution in [2.24, 2.45) is 5.92 Å². The molecule has 0 spiro atoms. The molecular weight excluding hydrogens is 553 g/mol. The van der Waals surface area contributed by atoms with Crippen LogP contribution in [0.5, 0.6) is 0 Å². The minimum atomic E-state index is 0.534. The predicted octanol–water partition coefficient (Wildman–Crippen LogP) is 12.0. The van der Waals surface area contributed by atoms with E-state index in [1.807, 2.05) is 23.9 Å². The normalized spacial score (nSPS) is 12.4. The molecule has 238 valence electrons. The van der Waals surface area contributed by atoms with Gasteiger partial charge in [-0.25, -0.2) is 0 Å². The highest BCUT2D eigenvalue weighted by Crippen LogP contribution is 2.30. The van der Waals surface area contributed by atoms with Crippen LogP contribution in [0.2, 0.25) is 0 Å². The number of hydrogen-bond acceptors (Lipinski definition) is 3. The molecule has 0 fully saturated rings. The Hall–Kier alpha value is -3.43. The van der Waals surface area contributed by atoms with Crippen molar-refractivity contribution in [1.29, 1.82) is 0 Å². The summed E-state index contributed by atoms with van der Waals surface area (Å²) in [5, 5.41) is 3.61. The van der Waals surface area contributed by atoms with Crippen LogP contribution in [-0.2, 0) is 6.42 Å². The second-order valence-electron chi connectivity index (χ2n) is 11.1. The Bertz CT molecular complexity index is 1280. The van der Waals surface area contributed by atoms with E-state index < -0.39 is 0 Å². The SMILES string of the molecule is C=C/C=C\C(=C/C)CN/C(=C/C(=C)C(CCC)CCC)N(C)/C(C)=C(/C)C=C.CCc1ccccc1Sc1ccc(C)cc1. The second kappa shape index (κ2) is 22.1. The molecule has 2 aromatic rings. The molecule has 0 saturated heterocycles. The maximum Gasteiger partial charge on any atom is 0.106 e. The second-order valence-corrected chi connectivity index (χ2v) is 12.2. The number of hydrogen-bond donors (Lipinski definition) is 1. The zero-order chi connectivity index (χ0) is 32.9. The van der Waals surface area contributed by atoms with Crippen LogP contribution >= 0.6 is 11.8 Å². The van der Waals surface area contributed by atoms with Gasteiger partial charge in [0.2, 0.25) is 0 Å². The van der Waals surface area contributed by atoms with Crippen molar-refractivity contribution in [2.75, 3.05) is 13.6 Å². The predicted molar refractivity (Wildman–Crippen MR) is 199 cm³/mol. The maximum absolute atomic E-state index is 4.41. The van der Waals surface area contributed by atoms with Crippen molar-refractivity contribution >= 4 is 11.8 Å². The van der Waals surface area contributed by atoms with Crippen LogP contribution < -0.4 is 5.32 Å². The van der Waals surface area contributed by atoms with Crippen LogP contribution in [0.15, 0.2) is 143 Å². The minimum Gasteiger partial charge on any atom is -0.367 e. The lowest BCUT2D eigenvalue weighted by Gasteiger charge is -2.27. The topological polar surface area (TPSA) is 15.3 Å². The van der Waals surface area contributed by atoms with E-state index in [0.29, 0.717) is 5.92 Å². The van der Waals surface area contributed by atoms with Gasteiger partial charge in [0.05, 0.1) is 0 Å². The molecular formula is C41H58N2S. The smallest absolute Gasteiger partial charge is 0.106 e. The van der Waals surface area contributed by atoms with Gasteiger partial charge in [0.15, 0.2) is 0 Å². The number of benzene rings is 2. The highest BCUT2D eigenvalue weighted by molar-refractivity contribution is 7.99. The molecule has 0 unspecified atom stereocenters. The van der Waals surface area contributed by atoms with Crippen molar-refractivity contribution in [3.8, 4) is 0 Å². The highest BCUT2D eigenvalue weighted by Gasteiger charge is 2.14. The molecule has 0 heterocycles. The Morgan fingerprint density at radius 1 is 0.977 bits per heavy atom. The minimum absolute atomic E-state index is 0.534. The van der Waals surface area contributed by atoms with Crippen LogP contribution in [-0.4, -0.2) is 18.5 Å². The summed E-state index contributed by atoms with van der Waals surface area (Å²) in [6.45, 7) is 27.9. The van der Waals surface area contributed by atoms with Gasteiger partial charge >= 0.3 is 0 Å². The molecule has 2 nitrogen and oxygen atoms in total. The monoisotopic (exact) mass is 610 g/mol. The van der Waals surface area contributed by atoms with Gasteiger partial charge in [0.25, 0.3) is 0 Å². The van der Waals surface area contributed by atoms with Gasteiger partial charge in [0.1, 0.15) is 5.82 Å². The molecule has 0 aliphatic heterocycles. The van der Waals surface area contributed by atoms with E-state index in [2.05, 4.69) is 152 Å². The van der Waals surface area contributed by atoms with Crippen molar-refractivity contribution in [1.82, 2.24) is 10.2 Å². The van der Waals surface area contributed by atoms with Gasteiger partial charge in [-0.05, 0) is 99.4 Å². The van der Waals surface area contributed by atoms with Gasteiger partial charge in [0, 0.05) is 29.1 Å². The molecule has 0 bridgehead atoms. The number of aryl methyl sites for hydroxylation is 2. The van der Waals surface area contributed by atoms with Crippen molar-refractivity contribution in [3.63, 3.8) is 0 Å². The van der Waals surface area contributed by atoms with Gasteiger partial charge in [-0.3, -0.25) is 0 Å². The number of rotatable bonds is 17. The lowest BCUT2D eigenvalue weighted by molar-refractivity contribution is 0.465. The average Bonchev–Trinajstić information content (AvgIpc) is 3.04. The third kappa shape index (κ3) is 13.9. The summed E-state index contributed by atoms with van der Waals surface area (Å²) in [5.41, 5.74) is 7.49. The zero-order valence-electron chi connectivity index (χ0n) is 28.9. The summed E-state index contributed by atoms with van der Waals surface area (Å²) in [4.78, 5) is 4.88. The Kier molecular flexibility index (Phi) is 19.4. The third-order valence-corrected chi connectivity index (χ3v) is 8.88. The fraction of sp³-hybridized carbons (Fsp3) is 0.366. The van der Waals surface area contributed by atoms with Gasteiger partial charge in [-0.1, -0.05) is 131 Å². The fourth-order valence-corrected chi connectivity index (χ4v) is 5.65. The Morgan fingerprint density at radius 2 is 1.61 bits per heavy atom. The summed E-state index contributed by atoms with van der Waals surface area (Å²) < 4.78 is 0. The van der Waals surface area contributed by atoms with E-state index in [1.165, 1.54) is 63.4 Å². The van der Waals surface area contributed by atoms with Gasteiger partial charge in [-0.15, -0.1) is 0 Å². The van der Waals surface area contributed by atoms with Crippen LogP contribution in [0.25, 0.3) is 0 Å². The highest BCUT2D eigenvalue weighted by atomic mass is 32.2. The number of allylic oxidation sites excluding steroid dienone is 8. The molecule has 0 atom stereocenters. The molecule has 44 heavy (non-hydrogen) atoms. The van der Waals surface area contributed by atoms with Crippen LogP contribution in [0.3, 0.4) is 0 Å². The van der Waals surface area contributed by atoms with Crippen molar-refractivity contribution < 1.29 is 0 Å². The Labute approximate surface area is 275 Å². The standard InChI is InChI=1S/C26H42N2.C15H16S/c1-10-15-18-24(14-5)20-27-26(28(9)23(8)21(6)13-4)19-22(7)25(16-11-2)17-12-3;1-3-13-6-4-5-7-15(13)16-14-10-8-12(2)9-11-14/h10,13-15,18-19,25,27H,1,4,7,11-12,16-17,20H2,2-3,5-6,8-9H3;4-11H,3H2,1-2H3/b18-15-,23-21-,24-14+,26-19-;. The maximum atomic E-state index is 4.41. The average molecular weight is 611 g/mol. The molecule has 0 aliphatic carbocycles. The van der Waals surface area contributed by atoms with Gasteiger partial charge < -0.3 is 10.2 Å². The summed E-state index contributed by atoms with van der Waals surface area (Å²) in [7, 11) is 2.10. The Morgan fingerprint density at radius 3 is 2.16 bits per heavy atom. The summed E-state index contributed by atoms with van der Waals surface area (Å²) in [6.07, 6.45) is 17.9. The third-order valence-electron chi connectivity index (χ3n) is 7.76. The first-order valence-electron chi connectivity index (χ1n) is 16.1. The first-order valence-corrected chi connectivity index (χ1v) is 16.9. The summed E-state index contributed by atoms with van der Waals surface area (Å²) >= 11 is 1.85. The molecule has 0 amide bonds. The lowest BCUT2D eigenvalue weighted by Crippen LogP contribution is -2.29. The van der Waals surface area contributed by atoms with Crippen LogP contribution in [0, 0.1) is 12.8 Å². The van der Waals surface area contributed by atoms with E-state index >= 15 is 0 Å². The Balaban J connectivity index is 0.000000505. The van der Waals surface area contributed by atoms with E-state index in [1.54, 1.807) is 6.08 Å². The molecule has 0 aromatic heterocycles. The van der Waals surface area contributed by atoms with Crippen LogP contribution in [0.1, 0.15) is 78.4 Å². The molecule has 3 heteroatoms. The lowest BCUT2D eigenvalue weighted by atomic mass is 9.91. The van der Waals surface area contributed by atoms with E-state index in [0.717, 1.165) is 24.4 Å².